The minimum atomic E-state index is -3.67. The fourth-order valence-electron chi connectivity index (χ4n) is 1.35. The summed E-state index contributed by atoms with van der Waals surface area (Å²) in [6.45, 7) is 3.46. The zero-order chi connectivity index (χ0) is 13.6. The fourth-order valence-corrected chi connectivity index (χ4v) is 2.39. The van der Waals surface area contributed by atoms with E-state index in [9.17, 15) is 12.8 Å². The smallest absolute Gasteiger partial charge is 0.240 e. The number of nitrogens with one attached hydrogen (secondary N) is 2. The van der Waals surface area contributed by atoms with E-state index in [2.05, 4.69) is 10.0 Å². The van der Waals surface area contributed by atoms with Gasteiger partial charge in [0.25, 0.3) is 0 Å². The second kappa shape index (κ2) is 6.67. The maximum Gasteiger partial charge on any atom is 0.240 e. The van der Waals surface area contributed by atoms with Crippen molar-refractivity contribution < 1.29 is 17.5 Å². The summed E-state index contributed by atoms with van der Waals surface area (Å²) in [5, 5.41) is 2.98. The van der Waals surface area contributed by atoms with E-state index in [4.69, 9.17) is 4.74 Å². The fraction of sp³-hybridized carbons (Fsp3) is 0.455. The van der Waals surface area contributed by atoms with Crippen molar-refractivity contribution in [2.45, 2.75) is 11.8 Å². The molecule has 0 radical (unpaired) electrons. The van der Waals surface area contributed by atoms with Crippen molar-refractivity contribution in [1.82, 2.24) is 10.0 Å². The zero-order valence-corrected chi connectivity index (χ0v) is 11.2. The van der Waals surface area contributed by atoms with Crippen LogP contribution >= 0.6 is 0 Å². The maximum absolute atomic E-state index is 13.4. The Bertz CT molecular complexity index is 491. The first-order chi connectivity index (χ1) is 8.51. The van der Waals surface area contributed by atoms with Gasteiger partial charge >= 0.3 is 0 Å². The highest BCUT2D eigenvalue weighted by Gasteiger charge is 2.15. The molecule has 1 aromatic carbocycles. The van der Waals surface area contributed by atoms with Gasteiger partial charge in [-0.15, -0.1) is 0 Å². The van der Waals surface area contributed by atoms with Crippen LogP contribution in [-0.4, -0.2) is 35.2 Å². The van der Waals surface area contributed by atoms with Crippen LogP contribution in [-0.2, 0) is 10.0 Å². The van der Waals surface area contributed by atoms with Gasteiger partial charge in [-0.25, -0.2) is 17.5 Å². The number of benzene rings is 1. The summed E-state index contributed by atoms with van der Waals surface area (Å²) in [4.78, 5) is -0.114. The van der Waals surface area contributed by atoms with Crippen molar-refractivity contribution in [2.75, 3.05) is 26.7 Å². The van der Waals surface area contributed by atoms with E-state index in [0.717, 1.165) is 12.6 Å². The molecule has 0 heterocycles. The number of ether oxygens (including phenoxy) is 1. The largest absolute Gasteiger partial charge is 0.494 e. The first-order valence-corrected chi connectivity index (χ1v) is 7.03. The summed E-state index contributed by atoms with van der Waals surface area (Å²) in [6, 6.07) is 3.53. The number of methoxy groups -OCH3 is 1. The predicted octanol–water partition coefficient (Wildman–Crippen LogP) is 0.722. The van der Waals surface area contributed by atoms with Crippen LogP contribution in [0.2, 0.25) is 0 Å². The van der Waals surface area contributed by atoms with Gasteiger partial charge in [0.1, 0.15) is 0 Å². The molecule has 7 heteroatoms. The van der Waals surface area contributed by atoms with E-state index in [-0.39, 0.29) is 17.2 Å². The van der Waals surface area contributed by atoms with Gasteiger partial charge in [0.05, 0.1) is 12.0 Å². The lowest BCUT2D eigenvalue weighted by atomic mass is 10.3. The van der Waals surface area contributed by atoms with E-state index in [1.54, 1.807) is 0 Å². The first kappa shape index (κ1) is 14.9. The van der Waals surface area contributed by atoms with Gasteiger partial charge in [-0.2, -0.15) is 0 Å². The molecule has 102 valence electrons. The summed E-state index contributed by atoms with van der Waals surface area (Å²) in [5.41, 5.74) is 0. The molecule has 1 aromatic rings. The summed E-state index contributed by atoms with van der Waals surface area (Å²) in [5.74, 6) is -0.686. The number of halogens is 1. The summed E-state index contributed by atoms with van der Waals surface area (Å²) >= 11 is 0. The minimum Gasteiger partial charge on any atom is -0.494 e. The zero-order valence-electron chi connectivity index (χ0n) is 10.4. The lowest BCUT2D eigenvalue weighted by Gasteiger charge is -2.08. The van der Waals surface area contributed by atoms with E-state index in [1.165, 1.54) is 19.2 Å². The van der Waals surface area contributed by atoms with Gasteiger partial charge in [0, 0.05) is 13.1 Å². The Morgan fingerprint density at radius 3 is 2.61 bits per heavy atom. The lowest BCUT2D eigenvalue weighted by Crippen LogP contribution is -2.31. The summed E-state index contributed by atoms with van der Waals surface area (Å²) in [7, 11) is -2.35. The van der Waals surface area contributed by atoms with Crippen molar-refractivity contribution in [2.24, 2.45) is 0 Å². The molecule has 2 N–H and O–H groups in total. The maximum atomic E-state index is 13.4. The quantitative estimate of drug-likeness (QED) is 0.720. The number of sulfonamides is 1. The number of hydrogen-bond acceptors (Lipinski definition) is 4. The van der Waals surface area contributed by atoms with Crippen molar-refractivity contribution in [3.63, 3.8) is 0 Å². The van der Waals surface area contributed by atoms with Crippen LogP contribution < -0.4 is 14.8 Å². The van der Waals surface area contributed by atoms with Crippen LogP contribution in [0.25, 0.3) is 0 Å². The predicted molar refractivity (Wildman–Crippen MR) is 66.7 cm³/mol. The topological polar surface area (TPSA) is 67.4 Å². The SMILES string of the molecule is CCNCCNS(=O)(=O)c1ccc(OC)c(F)c1. The Morgan fingerprint density at radius 1 is 1.33 bits per heavy atom. The molecule has 0 fully saturated rings. The molecule has 0 bridgehead atoms. The van der Waals surface area contributed by atoms with Crippen LogP contribution in [0, 0.1) is 5.82 Å². The van der Waals surface area contributed by atoms with Crippen molar-refractivity contribution in [1.29, 1.82) is 0 Å². The monoisotopic (exact) mass is 276 g/mol. The average Bonchev–Trinajstić information content (AvgIpc) is 2.34. The van der Waals surface area contributed by atoms with Crippen LogP contribution in [0.4, 0.5) is 4.39 Å². The lowest BCUT2D eigenvalue weighted by molar-refractivity contribution is 0.385. The summed E-state index contributed by atoms with van der Waals surface area (Å²) < 4.78 is 44.1. The molecular weight excluding hydrogens is 259 g/mol. The Hall–Kier alpha value is -1.18. The highest BCUT2D eigenvalue weighted by molar-refractivity contribution is 7.89. The molecule has 5 nitrogen and oxygen atoms in total. The second-order valence-electron chi connectivity index (χ2n) is 3.55. The third-order valence-electron chi connectivity index (χ3n) is 2.28. The van der Waals surface area contributed by atoms with Crippen LogP contribution in [0.5, 0.6) is 5.75 Å². The molecule has 0 atom stereocenters. The van der Waals surface area contributed by atoms with Gasteiger partial charge in [-0.1, -0.05) is 6.92 Å². The number of likely N-dealkylation sites (N-methyl/N-ethyl adjacent to an activating group) is 1. The molecule has 0 aliphatic rings. The Labute approximate surface area is 106 Å². The molecule has 0 saturated heterocycles. The highest BCUT2D eigenvalue weighted by atomic mass is 32.2. The molecule has 18 heavy (non-hydrogen) atoms. The van der Waals surface area contributed by atoms with E-state index < -0.39 is 15.8 Å². The molecule has 0 amide bonds. The standard InChI is InChI=1S/C11H17FN2O3S/c1-3-13-6-7-14-18(15,16)9-4-5-11(17-2)10(12)8-9/h4-5,8,13-14H,3,6-7H2,1-2H3. The van der Waals surface area contributed by atoms with Crippen molar-refractivity contribution in [3.8, 4) is 5.75 Å². The summed E-state index contributed by atoms with van der Waals surface area (Å²) in [6.07, 6.45) is 0. The molecule has 0 spiro atoms. The van der Waals surface area contributed by atoms with Gasteiger partial charge < -0.3 is 10.1 Å². The molecular formula is C11H17FN2O3S. The van der Waals surface area contributed by atoms with Crippen LogP contribution in [0.3, 0.4) is 0 Å². The Kier molecular flexibility index (Phi) is 5.52. The van der Waals surface area contributed by atoms with E-state index in [0.29, 0.717) is 6.54 Å². The third-order valence-corrected chi connectivity index (χ3v) is 3.74. The Morgan fingerprint density at radius 2 is 2.06 bits per heavy atom. The van der Waals surface area contributed by atoms with Crippen LogP contribution in [0.1, 0.15) is 6.92 Å². The molecule has 0 saturated carbocycles. The van der Waals surface area contributed by atoms with Gasteiger partial charge in [-0.05, 0) is 24.7 Å². The van der Waals surface area contributed by atoms with Crippen LogP contribution in [0.15, 0.2) is 23.1 Å². The first-order valence-electron chi connectivity index (χ1n) is 5.55. The van der Waals surface area contributed by atoms with Crippen molar-refractivity contribution >= 4 is 10.0 Å². The van der Waals surface area contributed by atoms with Gasteiger partial charge in [0.2, 0.25) is 10.0 Å². The molecule has 0 aliphatic heterocycles. The highest BCUT2D eigenvalue weighted by Crippen LogP contribution is 2.20. The van der Waals surface area contributed by atoms with E-state index >= 15 is 0 Å². The molecule has 0 aliphatic carbocycles. The number of rotatable bonds is 7. The van der Waals surface area contributed by atoms with Gasteiger partial charge in [0.15, 0.2) is 11.6 Å². The van der Waals surface area contributed by atoms with E-state index in [1.807, 2.05) is 6.92 Å². The molecule has 1 rings (SSSR count). The number of hydrogen-bond donors (Lipinski definition) is 2. The van der Waals surface area contributed by atoms with Gasteiger partial charge in [-0.3, -0.25) is 0 Å². The molecule has 0 unspecified atom stereocenters. The minimum absolute atomic E-state index is 0.0154. The average molecular weight is 276 g/mol. The Balaban J connectivity index is 2.76. The second-order valence-corrected chi connectivity index (χ2v) is 5.31. The third kappa shape index (κ3) is 3.94. The normalized spacial score (nSPS) is 11.5. The molecule has 0 aromatic heterocycles. The van der Waals surface area contributed by atoms with Crippen molar-refractivity contribution in [3.05, 3.63) is 24.0 Å².